The minimum atomic E-state index is -0.464. The SMILES string of the molecule is CC(=O)Nc1cccc(-c2ccc(C(=O)C3Nc4ccccc4Cn4cccc43)cc2C)c1C. The molecule has 0 aliphatic carbocycles. The summed E-state index contributed by atoms with van der Waals surface area (Å²) in [5.74, 6) is -0.0600. The van der Waals surface area contributed by atoms with Crippen LogP contribution in [0.3, 0.4) is 0 Å². The van der Waals surface area contributed by atoms with Gasteiger partial charge in [0, 0.05) is 42.3 Å². The fourth-order valence-electron chi connectivity index (χ4n) is 4.78. The maximum atomic E-state index is 13.7. The van der Waals surface area contributed by atoms with Gasteiger partial charge in [0.1, 0.15) is 6.04 Å². The summed E-state index contributed by atoms with van der Waals surface area (Å²) in [6.45, 7) is 6.26. The zero-order chi connectivity index (χ0) is 23.8. The van der Waals surface area contributed by atoms with Crippen molar-refractivity contribution in [3.63, 3.8) is 0 Å². The first kappa shape index (κ1) is 21.7. The van der Waals surface area contributed by atoms with Gasteiger partial charge in [-0.15, -0.1) is 0 Å². The average Bonchev–Trinajstić information content (AvgIpc) is 3.21. The third-order valence-electron chi connectivity index (χ3n) is 6.53. The van der Waals surface area contributed by atoms with Crippen LogP contribution in [0.1, 0.15) is 45.7 Å². The Morgan fingerprint density at radius 2 is 1.76 bits per heavy atom. The van der Waals surface area contributed by atoms with Crippen LogP contribution in [0, 0.1) is 13.8 Å². The zero-order valence-corrected chi connectivity index (χ0v) is 19.6. The number of fused-ring (bicyclic) bond motifs is 2. The summed E-state index contributed by atoms with van der Waals surface area (Å²) in [7, 11) is 0. The lowest BCUT2D eigenvalue weighted by atomic mass is 9.92. The van der Waals surface area contributed by atoms with Crippen molar-refractivity contribution in [2.24, 2.45) is 0 Å². The first-order valence-electron chi connectivity index (χ1n) is 11.4. The number of Topliss-reactive ketones (excluding diaryl/α,β-unsaturated/α-hetero) is 1. The fourth-order valence-corrected chi connectivity index (χ4v) is 4.78. The summed E-state index contributed by atoms with van der Waals surface area (Å²) in [6.07, 6.45) is 2.03. The molecule has 170 valence electrons. The summed E-state index contributed by atoms with van der Waals surface area (Å²) >= 11 is 0. The number of hydrogen-bond donors (Lipinski definition) is 2. The van der Waals surface area contributed by atoms with Crippen molar-refractivity contribution in [3.05, 3.63) is 107 Å². The lowest BCUT2D eigenvalue weighted by Crippen LogP contribution is -2.22. The van der Waals surface area contributed by atoms with Gasteiger partial charge in [-0.3, -0.25) is 9.59 Å². The minimum absolute atomic E-state index is 0.0371. The van der Waals surface area contributed by atoms with Crippen LogP contribution in [0.5, 0.6) is 0 Å². The van der Waals surface area contributed by atoms with Gasteiger partial charge in [-0.2, -0.15) is 0 Å². The standard InChI is InChI=1S/C29H27N3O2/c1-18-16-21(13-14-23(18)24-9-6-11-25(19(24)2)30-20(3)33)29(34)28-27-12-7-15-32(27)17-22-8-4-5-10-26(22)31-28/h4-16,28,31H,17H2,1-3H3,(H,30,33). The average molecular weight is 450 g/mol. The van der Waals surface area contributed by atoms with Gasteiger partial charge in [0.15, 0.2) is 5.78 Å². The molecule has 2 heterocycles. The molecule has 1 unspecified atom stereocenters. The van der Waals surface area contributed by atoms with Crippen LogP contribution in [-0.4, -0.2) is 16.3 Å². The van der Waals surface area contributed by atoms with Gasteiger partial charge >= 0.3 is 0 Å². The van der Waals surface area contributed by atoms with E-state index in [1.54, 1.807) is 0 Å². The van der Waals surface area contributed by atoms with Crippen LogP contribution in [0.25, 0.3) is 11.1 Å². The summed E-state index contributed by atoms with van der Waals surface area (Å²) in [6, 6.07) is 23.4. The summed E-state index contributed by atoms with van der Waals surface area (Å²) in [5, 5.41) is 6.38. The molecule has 0 saturated carbocycles. The number of aromatic nitrogens is 1. The Hall–Kier alpha value is -4.12. The van der Waals surface area contributed by atoms with E-state index in [0.29, 0.717) is 5.56 Å². The maximum Gasteiger partial charge on any atom is 0.221 e. The highest BCUT2D eigenvalue weighted by Crippen LogP contribution is 2.34. The molecule has 5 rings (SSSR count). The molecule has 0 bridgehead atoms. The van der Waals surface area contributed by atoms with E-state index in [-0.39, 0.29) is 11.7 Å². The monoisotopic (exact) mass is 449 g/mol. The Morgan fingerprint density at radius 1 is 0.941 bits per heavy atom. The normalized spacial score (nSPS) is 14.4. The number of amides is 1. The molecule has 1 aliphatic rings. The summed E-state index contributed by atoms with van der Waals surface area (Å²) in [5.41, 5.74) is 8.68. The number of para-hydroxylation sites is 1. The Morgan fingerprint density at radius 3 is 2.56 bits per heavy atom. The third kappa shape index (κ3) is 3.90. The van der Waals surface area contributed by atoms with Crippen LogP contribution in [-0.2, 0) is 11.3 Å². The second-order valence-corrected chi connectivity index (χ2v) is 8.85. The molecule has 4 aromatic rings. The predicted octanol–water partition coefficient (Wildman–Crippen LogP) is 6.13. The summed E-state index contributed by atoms with van der Waals surface area (Å²) < 4.78 is 2.14. The zero-order valence-electron chi connectivity index (χ0n) is 19.6. The smallest absolute Gasteiger partial charge is 0.221 e. The van der Waals surface area contributed by atoms with Gasteiger partial charge in [0.05, 0.1) is 0 Å². The van der Waals surface area contributed by atoms with E-state index in [9.17, 15) is 9.59 Å². The lowest BCUT2D eigenvalue weighted by molar-refractivity contribution is -0.114. The van der Waals surface area contributed by atoms with Crippen molar-refractivity contribution in [2.45, 2.75) is 33.4 Å². The number of aryl methyl sites for hydroxylation is 1. The molecule has 34 heavy (non-hydrogen) atoms. The highest BCUT2D eigenvalue weighted by atomic mass is 16.1. The van der Waals surface area contributed by atoms with Crippen molar-refractivity contribution in [1.82, 2.24) is 4.57 Å². The number of nitrogens with zero attached hydrogens (tertiary/aromatic N) is 1. The minimum Gasteiger partial charge on any atom is -0.370 e. The third-order valence-corrected chi connectivity index (χ3v) is 6.53. The number of nitrogens with one attached hydrogen (secondary N) is 2. The number of anilines is 2. The quantitative estimate of drug-likeness (QED) is 0.369. The molecule has 0 fully saturated rings. The number of rotatable bonds is 4. The van der Waals surface area contributed by atoms with Crippen LogP contribution in [0.2, 0.25) is 0 Å². The van der Waals surface area contributed by atoms with Crippen LogP contribution >= 0.6 is 0 Å². The molecular weight excluding hydrogens is 422 g/mol. The van der Waals surface area contributed by atoms with E-state index in [1.165, 1.54) is 6.92 Å². The molecule has 1 aromatic heterocycles. The van der Waals surface area contributed by atoms with E-state index >= 15 is 0 Å². The predicted molar refractivity (Wildman–Crippen MR) is 136 cm³/mol. The Bertz CT molecular complexity index is 1420. The van der Waals surface area contributed by atoms with Crippen molar-refractivity contribution in [3.8, 4) is 11.1 Å². The molecule has 0 spiro atoms. The highest BCUT2D eigenvalue weighted by molar-refractivity contribution is 6.03. The van der Waals surface area contributed by atoms with Crippen molar-refractivity contribution < 1.29 is 9.59 Å². The first-order valence-corrected chi connectivity index (χ1v) is 11.4. The molecule has 5 nitrogen and oxygen atoms in total. The number of carbonyl (C=O) groups excluding carboxylic acids is 2. The van der Waals surface area contributed by atoms with Crippen LogP contribution in [0.15, 0.2) is 79.0 Å². The van der Waals surface area contributed by atoms with Crippen LogP contribution < -0.4 is 10.6 Å². The van der Waals surface area contributed by atoms with Gasteiger partial charge < -0.3 is 15.2 Å². The maximum absolute atomic E-state index is 13.7. The van der Waals surface area contributed by atoms with Gasteiger partial charge in [0.25, 0.3) is 0 Å². The van der Waals surface area contributed by atoms with E-state index in [2.05, 4.69) is 21.3 Å². The van der Waals surface area contributed by atoms with Gasteiger partial charge in [-0.1, -0.05) is 42.5 Å². The van der Waals surface area contributed by atoms with Gasteiger partial charge in [-0.25, -0.2) is 0 Å². The van der Waals surface area contributed by atoms with Crippen LogP contribution in [0.4, 0.5) is 11.4 Å². The van der Waals surface area contributed by atoms with E-state index in [0.717, 1.165) is 51.4 Å². The number of hydrogen-bond acceptors (Lipinski definition) is 3. The molecule has 2 N–H and O–H groups in total. The molecule has 0 radical (unpaired) electrons. The summed E-state index contributed by atoms with van der Waals surface area (Å²) in [4.78, 5) is 25.3. The number of benzene rings is 3. The van der Waals surface area contributed by atoms with E-state index in [1.807, 2.05) is 86.8 Å². The lowest BCUT2D eigenvalue weighted by Gasteiger charge is -2.19. The van der Waals surface area contributed by atoms with Gasteiger partial charge in [-0.05, 0) is 72.0 Å². The van der Waals surface area contributed by atoms with E-state index < -0.39 is 6.04 Å². The first-order chi connectivity index (χ1) is 16.4. The molecule has 1 atom stereocenters. The largest absolute Gasteiger partial charge is 0.370 e. The van der Waals surface area contributed by atoms with Crippen molar-refractivity contribution in [1.29, 1.82) is 0 Å². The molecule has 5 heteroatoms. The van der Waals surface area contributed by atoms with Crippen molar-refractivity contribution >= 4 is 23.1 Å². The molecular formula is C29H27N3O2. The molecule has 1 aliphatic heterocycles. The molecule has 1 amide bonds. The molecule has 3 aromatic carbocycles. The fraction of sp³-hybridized carbons (Fsp3) is 0.172. The second kappa shape index (κ2) is 8.67. The number of carbonyl (C=O) groups is 2. The molecule has 0 saturated heterocycles. The Kier molecular flexibility index (Phi) is 5.54. The Labute approximate surface area is 199 Å². The topological polar surface area (TPSA) is 63.1 Å². The Balaban J connectivity index is 1.50. The van der Waals surface area contributed by atoms with E-state index in [4.69, 9.17) is 0 Å². The highest BCUT2D eigenvalue weighted by Gasteiger charge is 2.28. The van der Waals surface area contributed by atoms with Crippen molar-refractivity contribution in [2.75, 3.05) is 10.6 Å². The number of ketones is 1. The van der Waals surface area contributed by atoms with Gasteiger partial charge in [0.2, 0.25) is 5.91 Å². The second-order valence-electron chi connectivity index (χ2n) is 8.85.